The number of nitrogens with zero attached hydrogens (tertiary/aromatic N) is 2. The number of anilines is 1. The van der Waals surface area contributed by atoms with Crippen LogP contribution in [0.15, 0.2) is 24.3 Å². The lowest BCUT2D eigenvalue weighted by Crippen LogP contribution is -2.43. The molecular weight excluding hydrogens is 310 g/mol. The topological polar surface area (TPSA) is 35.6 Å². The summed E-state index contributed by atoms with van der Waals surface area (Å²) >= 11 is 0. The average molecular weight is 344 g/mol. The standard InChI is InChI=1S/C21H33N3O/c1-16(2)15-24-12-9-17(10-13-24)21(25)22-14-18-8-11-23(3)20-7-5-4-6-19(18)20/h4-7,16-18H,8-15H2,1-3H3,(H,22,25)/t18-/m1/s1. The van der Waals surface area contributed by atoms with E-state index in [1.54, 1.807) is 0 Å². The van der Waals surface area contributed by atoms with Gasteiger partial charge in [-0.2, -0.15) is 0 Å². The Hall–Kier alpha value is -1.55. The zero-order valence-corrected chi connectivity index (χ0v) is 16.0. The van der Waals surface area contributed by atoms with E-state index < -0.39 is 0 Å². The molecule has 25 heavy (non-hydrogen) atoms. The van der Waals surface area contributed by atoms with Crippen molar-refractivity contribution in [3.05, 3.63) is 29.8 Å². The van der Waals surface area contributed by atoms with Crippen LogP contribution in [0.2, 0.25) is 0 Å². The molecule has 0 radical (unpaired) electrons. The van der Waals surface area contributed by atoms with Crippen LogP contribution < -0.4 is 10.2 Å². The lowest BCUT2D eigenvalue weighted by Gasteiger charge is -2.34. The van der Waals surface area contributed by atoms with Crippen LogP contribution in [0.1, 0.15) is 44.6 Å². The Morgan fingerprint density at radius 1 is 1.16 bits per heavy atom. The molecule has 1 saturated heterocycles. The molecule has 0 spiro atoms. The van der Waals surface area contributed by atoms with Crippen LogP contribution in [0.5, 0.6) is 0 Å². The maximum Gasteiger partial charge on any atom is 0.223 e. The zero-order chi connectivity index (χ0) is 17.8. The van der Waals surface area contributed by atoms with Gasteiger partial charge in [0, 0.05) is 44.2 Å². The third-order valence-corrected chi connectivity index (χ3v) is 5.71. The maximum atomic E-state index is 12.6. The number of hydrogen-bond donors (Lipinski definition) is 1. The van der Waals surface area contributed by atoms with Crippen molar-refractivity contribution in [2.45, 2.75) is 39.0 Å². The lowest BCUT2D eigenvalue weighted by molar-refractivity contribution is -0.126. The predicted molar refractivity (Wildman–Crippen MR) is 104 cm³/mol. The number of rotatable bonds is 5. The molecule has 1 fully saturated rings. The van der Waals surface area contributed by atoms with Gasteiger partial charge in [0.2, 0.25) is 5.91 Å². The molecule has 0 aromatic heterocycles. The molecule has 2 aliphatic heterocycles. The van der Waals surface area contributed by atoms with Gasteiger partial charge in [0.05, 0.1) is 0 Å². The normalized spacial score (nSPS) is 22.1. The molecular formula is C21H33N3O. The predicted octanol–water partition coefficient (Wildman–Crippen LogP) is 3.09. The summed E-state index contributed by atoms with van der Waals surface area (Å²) in [6.45, 7) is 9.64. The van der Waals surface area contributed by atoms with Crippen LogP contribution in [0, 0.1) is 11.8 Å². The zero-order valence-electron chi connectivity index (χ0n) is 16.0. The van der Waals surface area contributed by atoms with E-state index in [-0.39, 0.29) is 11.8 Å². The summed E-state index contributed by atoms with van der Waals surface area (Å²) < 4.78 is 0. The minimum absolute atomic E-state index is 0.199. The number of para-hydroxylation sites is 1. The van der Waals surface area contributed by atoms with Crippen LogP contribution >= 0.6 is 0 Å². The molecule has 4 nitrogen and oxygen atoms in total. The molecule has 1 aromatic rings. The third-order valence-electron chi connectivity index (χ3n) is 5.71. The second kappa shape index (κ2) is 8.22. The van der Waals surface area contributed by atoms with Gasteiger partial charge in [-0.05, 0) is 49.9 Å². The van der Waals surface area contributed by atoms with E-state index in [1.807, 2.05) is 0 Å². The van der Waals surface area contributed by atoms with Crippen molar-refractivity contribution in [2.75, 3.05) is 44.7 Å². The largest absolute Gasteiger partial charge is 0.374 e. The molecule has 138 valence electrons. The van der Waals surface area contributed by atoms with Crippen LogP contribution in [-0.2, 0) is 4.79 Å². The first-order valence-electron chi connectivity index (χ1n) is 9.84. The summed E-state index contributed by atoms with van der Waals surface area (Å²) in [4.78, 5) is 17.4. The molecule has 2 heterocycles. The highest BCUT2D eigenvalue weighted by molar-refractivity contribution is 5.78. The van der Waals surface area contributed by atoms with Gasteiger partial charge in [-0.25, -0.2) is 0 Å². The van der Waals surface area contributed by atoms with E-state index >= 15 is 0 Å². The van der Waals surface area contributed by atoms with Gasteiger partial charge in [0.15, 0.2) is 0 Å². The number of nitrogens with one attached hydrogen (secondary N) is 1. The third kappa shape index (κ3) is 4.55. The Balaban J connectivity index is 1.50. The fourth-order valence-corrected chi connectivity index (χ4v) is 4.28. The summed E-state index contributed by atoms with van der Waals surface area (Å²) in [5, 5.41) is 3.26. The summed E-state index contributed by atoms with van der Waals surface area (Å²) in [7, 11) is 2.15. The Kier molecular flexibility index (Phi) is 6.00. The fourth-order valence-electron chi connectivity index (χ4n) is 4.28. The molecule has 1 aromatic carbocycles. The first-order valence-corrected chi connectivity index (χ1v) is 9.84. The molecule has 2 aliphatic rings. The minimum atomic E-state index is 0.199. The number of benzene rings is 1. The minimum Gasteiger partial charge on any atom is -0.374 e. The van der Waals surface area contributed by atoms with Gasteiger partial charge >= 0.3 is 0 Å². The number of amides is 1. The van der Waals surface area contributed by atoms with Crippen LogP contribution in [0.4, 0.5) is 5.69 Å². The summed E-state index contributed by atoms with van der Waals surface area (Å²) in [5.41, 5.74) is 2.69. The highest BCUT2D eigenvalue weighted by Crippen LogP contribution is 2.33. The molecule has 0 unspecified atom stereocenters. The SMILES string of the molecule is CC(C)CN1CCC(C(=O)NC[C@H]2CCN(C)c3ccccc32)CC1. The second-order valence-corrected chi connectivity index (χ2v) is 8.18. The quantitative estimate of drug-likeness (QED) is 0.892. The molecule has 1 atom stereocenters. The highest BCUT2D eigenvalue weighted by Gasteiger charge is 2.27. The van der Waals surface area contributed by atoms with Crippen molar-refractivity contribution >= 4 is 11.6 Å². The van der Waals surface area contributed by atoms with Gasteiger partial charge < -0.3 is 15.1 Å². The summed E-state index contributed by atoms with van der Waals surface area (Å²) in [6.07, 6.45) is 3.12. The number of fused-ring (bicyclic) bond motifs is 1. The molecule has 0 bridgehead atoms. The van der Waals surface area contributed by atoms with Crippen molar-refractivity contribution in [1.82, 2.24) is 10.2 Å². The summed E-state index contributed by atoms with van der Waals surface area (Å²) in [6, 6.07) is 8.61. The molecule has 3 rings (SSSR count). The van der Waals surface area contributed by atoms with Gasteiger partial charge in [0.1, 0.15) is 0 Å². The second-order valence-electron chi connectivity index (χ2n) is 8.18. The fraction of sp³-hybridized carbons (Fsp3) is 0.667. The van der Waals surface area contributed by atoms with Crippen molar-refractivity contribution in [1.29, 1.82) is 0 Å². The number of hydrogen-bond acceptors (Lipinski definition) is 3. The number of piperidine rings is 1. The van der Waals surface area contributed by atoms with E-state index in [0.717, 1.165) is 52.0 Å². The molecule has 1 N–H and O–H groups in total. The van der Waals surface area contributed by atoms with Crippen molar-refractivity contribution in [3.63, 3.8) is 0 Å². The Labute approximate surface area is 152 Å². The van der Waals surface area contributed by atoms with Gasteiger partial charge in [-0.15, -0.1) is 0 Å². The first-order chi connectivity index (χ1) is 12.0. The molecule has 4 heteroatoms. The van der Waals surface area contributed by atoms with E-state index in [9.17, 15) is 4.79 Å². The van der Waals surface area contributed by atoms with Gasteiger partial charge in [-0.3, -0.25) is 4.79 Å². The van der Waals surface area contributed by atoms with Gasteiger partial charge in [0.25, 0.3) is 0 Å². The van der Waals surface area contributed by atoms with Crippen LogP contribution in [0.25, 0.3) is 0 Å². The Morgan fingerprint density at radius 2 is 1.88 bits per heavy atom. The average Bonchev–Trinajstić information content (AvgIpc) is 2.61. The van der Waals surface area contributed by atoms with Crippen molar-refractivity contribution in [2.24, 2.45) is 11.8 Å². The van der Waals surface area contributed by atoms with Crippen molar-refractivity contribution < 1.29 is 4.79 Å². The molecule has 0 saturated carbocycles. The Bertz CT molecular complexity index is 578. The molecule has 0 aliphatic carbocycles. The van der Waals surface area contributed by atoms with Crippen molar-refractivity contribution in [3.8, 4) is 0 Å². The monoisotopic (exact) mass is 343 g/mol. The van der Waals surface area contributed by atoms with Crippen LogP contribution in [0.3, 0.4) is 0 Å². The Morgan fingerprint density at radius 3 is 2.60 bits per heavy atom. The number of carbonyl (C=O) groups excluding carboxylic acids is 1. The van der Waals surface area contributed by atoms with Crippen LogP contribution in [-0.4, -0.2) is 50.6 Å². The van der Waals surface area contributed by atoms with E-state index in [0.29, 0.717) is 11.8 Å². The smallest absolute Gasteiger partial charge is 0.223 e. The van der Waals surface area contributed by atoms with E-state index in [1.165, 1.54) is 11.3 Å². The first kappa shape index (κ1) is 18.2. The molecule has 1 amide bonds. The van der Waals surface area contributed by atoms with E-state index in [4.69, 9.17) is 0 Å². The lowest BCUT2D eigenvalue weighted by atomic mass is 9.89. The van der Waals surface area contributed by atoms with Gasteiger partial charge in [-0.1, -0.05) is 32.0 Å². The van der Waals surface area contributed by atoms with E-state index in [2.05, 4.69) is 60.3 Å². The maximum absolute atomic E-state index is 12.6. The highest BCUT2D eigenvalue weighted by atomic mass is 16.1. The number of likely N-dealkylation sites (tertiary alicyclic amines) is 1. The summed E-state index contributed by atoms with van der Waals surface area (Å²) in [5.74, 6) is 1.61. The number of carbonyl (C=O) groups is 1.